The van der Waals surface area contributed by atoms with Gasteiger partial charge in [-0.2, -0.15) is 0 Å². The molecule has 0 N–H and O–H groups in total. The van der Waals surface area contributed by atoms with E-state index in [4.69, 9.17) is 4.42 Å². The van der Waals surface area contributed by atoms with E-state index in [-0.39, 0.29) is 0 Å². The summed E-state index contributed by atoms with van der Waals surface area (Å²) in [5.74, 6) is 0.613. The van der Waals surface area contributed by atoms with Crippen molar-refractivity contribution in [1.29, 1.82) is 0 Å². The van der Waals surface area contributed by atoms with E-state index in [0.717, 1.165) is 39.0 Å². The largest absolute Gasteiger partial charge is 0.456 e. The van der Waals surface area contributed by atoms with E-state index in [2.05, 4.69) is 193 Å². The molecule has 9 aromatic rings. The Kier molecular flexibility index (Phi) is 9.01. The highest BCUT2D eigenvalue weighted by Crippen LogP contribution is 2.44. The van der Waals surface area contributed by atoms with E-state index in [1.807, 2.05) is 6.07 Å². The van der Waals surface area contributed by atoms with E-state index in [1.165, 1.54) is 82.2 Å². The van der Waals surface area contributed by atoms with Gasteiger partial charge in [-0.25, -0.2) is 0 Å². The van der Waals surface area contributed by atoms with Crippen molar-refractivity contribution in [1.82, 2.24) is 0 Å². The van der Waals surface area contributed by atoms with Crippen LogP contribution in [0.1, 0.15) is 43.6 Å². The van der Waals surface area contributed by atoms with Gasteiger partial charge in [0.25, 0.3) is 0 Å². The van der Waals surface area contributed by atoms with Crippen molar-refractivity contribution in [3.8, 4) is 44.5 Å². The Morgan fingerprint density at radius 1 is 0.375 bits per heavy atom. The highest BCUT2D eigenvalue weighted by atomic mass is 16.3. The molecule has 1 aromatic heterocycles. The van der Waals surface area contributed by atoms with Gasteiger partial charge in [0.1, 0.15) is 11.2 Å². The molecule has 1 aliphatic carbocycles. The lowest BCUT2D eigenvalue weighted by Crippen LogP contribution is -2.10. The van der Waals surface area contributed by atoms with Gasteiger partial charge >= 0.3 is 0 Å². The molecule has 0 aliphatic heterocycles. The van der Waals surface area contributed by atoms with Gasteiger partial charge in [0.05, 0.1) is 0 Å². The average molecular weight is 722 g/mol. The minimum absolute atomic E-state index is 0.613. The summed E-state index contributed by atoms with van der Waals surface area (Å²) >= 11 is 0. The normalized spacial score (nSPS) is 13.3. The first-order valence-electron chi connectivity index (χ1n) is 20.0. The van der Waals surface area contributed by atoms with Crippen molar-refractivity contribution >= 4 is 39.0 Å². The van der Waals surface area contributed by atoms with Crippen LogP contribution < -0.4 is 4.90 Å². The molecule has 0 saturated heterocycles. The second-order valence-corrected chi connectivity index (χ2v) is 15.1. The molecule has 8 aromatic carbocycles. The smallest absolute Gasteiger partial charge is 0.137 e. The van der Waals surface area contributed by atoms with Gasteiger partial charge in [-0.3, -0.25) is 0 Å². The predicted molar refractivity (Wildman–Crippen MR) is 236 cm³/mol. The molecular formula is C54H43NO. The van der Waals surface area contributed by atoms with Gasteiger partial charge in [-0.05, 0) is 111 Å². The number of hydrogen-bond acceptors (Lipinski definition) is 2. The van der Waals surface area contributed by atoms with Crippen molar-refractivity contribution in [3.63, 3.8) is 0 Å². The van der Waals surface area contributed by atoms with Crippen LogP contribution in [-0.4, -0.2) is 0 Å². The molecule has 1 aliphatic rings. The van der Waals surface area contributed by atoms with Crippen molar-refractivity contribution in [3.05, 3.63) is 200 Å². The zero-order valence-electron chi connectivity index (χ0n) is 31.4. The number of fused-ring (bicyclic) bond motifs is 3. The summed E-state index contributed by atoms with van der Waals surface area (Å²) in [7, 11) is 0. The van der Waals surface area contributed by atoms with Crippen LogP contribution in [0.15, 0.2) is 199 Å². The van der Waals surface area contributed by atoms with E-state index < -0.39 is 0 Å². The van der Waals surface area contributed by atoms with Gasteiger partial charge in [-0.1, -0.05) is 165 Å². The van der Waals surface area contributed by atoms with Gasteiger partial charge in [0, 0.05) is 33.9 Å². The first-order valence-corrected chi connectivity index (χ1v) is 20.0. The number of rotatable bonds is 8. The maximum Gasteiger partial charge on any atom is 0.137 e. The molecule has 270 valence electrons. The quantitative estimate of drug-likeness (QED) is 0.155. The summed E-state index contributed by atoms with van der Waals surface area (Å²) in [6.07, 6.45) is 6.52. The molecule has 0 amide bonds. The molecule has 1 saturated carbocycles. The molecule has 1 heterocycles. The maximum absolute atomic E-state index is 6.45. The van der Waals surface area contributed by atoms with Crippen LogP contribution in [0.25, 0.3) is 66.4 Å². The Hall–Kier alpha value is -6.64. The van der Waals surface area contributed by atoms with Gasteiger partial charge < -0.3 is 9.32 Å². The van der Waals surface area contributed by atoms with Crippen molar-refractivity contribution in [2.75, 3.05) is 4.90 Å². The molecule has 0 radical (unpaired) electrons. The van der Waals surface area contributed by atoms with Gasteiger partial charge in [0.2, 0.25) is 0 Å². The van der Waals surface area contributed by atoms with Crippen molar-refractivity contribution in [2.24, 2.45) is 0 Å². The van der Waals surface area contributed by atoms with Crippen molar-refractivity contribution < 1.29 is 4.42 Å². The van der Waals surface area contributed by atoms with E-state index in [9.17, 15) is 0 Å². The minimum atomic E-state index is 0.613. The Morgan fingerprint density at radius 2 is 0.946 bits per heavy atom. The average Bonchev–Trinajstić information content (AvgIpc) is 3.65. The van der Waals surface area contributed by atoms with E-state index in [0.29, 0.717) is 5.92 Å². The van der Waals surface area contributed by atoms with Crippen LogP contribution in [0.3, 0.4) is 0 Å². The molecule has 1 fully saturated rings. The molecule has 0 bridgehead atoms. The van der Waals surface area contributed by atoms with Crippen LogP contribution in [0.5, 0.6) is 0 Å². The topological polar surface area (TPSA) is 16.4 Å². The molecule has 2 heteroatoms. The number of hydrogen-bond donors (Lipinski definition) is 0. The lowest BCUT2D eigenvalue weighted by molar-refractivity contribution is 0.444. The Bertz CT molecular complexity index is 2720. The van der Waals surface area contributed by atoms with Crippen LogP contribution in [0.2, 0.25) is 0 Å². The summed E-state index contributed by atoms with van der Waals surface area (Å²) < 4.78 is 6.45. The van der Waals surface area contributed by atoms with Crippen LogP contribution in [0.4, 0.5) is 17.1 Å². The minimum Gasteiger partial charge on any atom is -0.456 e. The second kappa shape index (κ2) is 14.9. The maximum atomic E-state index is 6.45. The van der Waals surface area contributed by atoms with E-state index >= 15 is 0 Å². The summed E-state index contributed by atoms with van der Waals surface area (Å²) in [4.78, 5) is 2.38. The third kappa shape index (κ3) is 6.37. The van der Waals surface area contributed by atoms with E-state index in [1.54, 1.807) is 0 Å². The predicted octanol–water partition coefficient (Wildman–Crippen LogP) is 15.8. The molecule has 10 rings (SSSR count). The van der Waals surface area contributed by atoms with Crippen LogP contribution in [0, 0.1) is 0 Å². The first-order chi connectivity index (χ1) is 27.8. The summed E-state index contributed by atoms with van der Waals surface area (Å²) in [5, 5.41) is 2.26. The number of benzene rings is 8. The Balaban J connectivity index is 1.12. The monoisotopic (exact) mass is 721 g/mol. The lowest BCUT2D eigenvalue weighted by atomic mass is 9.81. The third-order valence-corrected chi connectivity index (χ3v) is 11.7. The molecular weight excluding hydrogens is 679 g/mol. The highest BCUT2D eigenvalue weighted by Gasteiger charge is 2.21. The zero-order chi connectivity index (χ0) is 37.3. The Morgan fingerprint density at radius 3 is 1.70 bits per heavy atom. The number of anilines is 3. The van der Waals surface area contributed by atoms with Gasteiger partial charge in [0.15, 0.2) is 0 Å². The fourth-order valence-electron chi connectivity index (χ4n) is 9.00. The first kappa shape index (κ1) is 33.9. The Labute approximate surface area is 329 Å². The molecule has 0 atom stereocenters. The standard InChI is InChI=1S/C54H43NO/c1-4-16-38(17-5-1)46-24-10-11-25-47(46)42-22-14-23-44(36-42)55(45-34-35-51-50-26-12-13-29-52(50)56-53(51)37-45)43-32-30-41(31-33-43)54-48(39-18-6-2-7-19-39)27-15-28-49(54)40-20-8-3-9-21-40/h2-3,6-15,18-38H,1,4-5,16-17H2. The second-order valence-electron chi connectivity index (χ2n) is 15.1. The van der Waals surface area contributed by atoms with Crippen LogP contribution in [-0.2, 0) is 0 Å². The number of nitrogens with zero attached hydrogens (tertiary/aromatic N) is 1. The number of furan rings is 1. The van der Waals surface area contributed by atoms with Crippen LogP contribution >= 0.6 is 0 Å². The highest BCUT2D eigenvalue weighted by molar-refractivity contribution is 6.06. The lowest BCUT2D eigenvalue weighted by Gasteiger charge is -2.27. The molecule has 2 nitrogen and oxygen atoms in total. The summed E-state index contributed by atoms with van der Waals surface area (Å²) in [5.41, 5.74) is 16.4. The third-order valence-electron chi connectivity index (χ3n) is 11.7. The van der Waals surface area contributed by atoms with Gasteiger partial charge in [-0.15, -0.1) is 0 Å². The summed E-state index contributed by atoms with van der Waals surface area (Å²) in [6.45, 7) is 0. The summed E-state index contributed by atoms with van der Waals surface area (Å²) in [6, 6.07) is 70.4. The van der Waals surface area contributed by atoms with Crippen molar-refractivity contribution in [2.45, 2.75) is 38.0 Å². The number of para-hydroxylation sites is 1. The molecule has 0 spiro atoms. The fourth-order valence-corrected chi connectivity index (χ4v) is 9.00. The SMILES string of the molecule is c1ccc(-c2cccc(-c3ccccc3)c2-c2ccc(N(c3cccc(-c4ccccc4C4CCCCC4)c3)c3ccc4c(c3)oc3ccccc34)cc2)cc1. The fraction of sp³-hybridized carbons (Fsp3) is 0.111. The molecule has 56 heavy (non-hydrogen) atoms. The zero-order valence-corrected chi connectivity index (χ0v) is 31.4. The molecule has 0 unspecified atom stereocenters.